The number of carbonyl (C=O) groups is 1. The molecule has 0 bridgehead atoms. The highest BCUT2D eigenvalue weighted by Gasteiger charge is 2.32. The van der Waals surface area contributed by atoms with Crippen LogP contribution in [-0.2, 0) is 20.0 Å². The number of thiophene rings is 1. The van der Waals surface area contributed by atoms with Crippen LogP contribution in [0, 0.1) is 0 Å². The molecule has 2 aromatic rings. The fraction of sp³-hybridized carbons (Fsp3) is 0.444. The number of aromatic nitrogens is 2. The van der Waals surface area contributed by atoms with Gasteiger partial charge >= 0.3 is 0 Å². The van der Waals surface area contributed by atoms with Crippen molar-refractivity contribution in [3.63, 3.8) is 0 Å². The first-order valence-electron chi connectivity index (χ1n) is 8.47. The summed E-state index contributed by atoms with van der Waals surface area (Å²) in [4.78, 5) is 13.3. The summed E-state index contributed by atoms with van der Waals surface area (Å²) in [5.74, 6) is 0.499. The van der Waals surface area contributed by atoms with Gasteiger partial charge in [-0.25, -0.2) is 13.1 Å². The van der Waals surface area contributed by atoms with E-state index in [-0.39, 0.29) is 28.9 Å². The van der Waals surface area contributed by atoms with E-state index in [0.717, 1.165) is 10.6 Å². The van der Waals surface area contributed by atoms with E-state index in [1.54, 1.807) is 22.1 Å². The number of hydrogen-bond acceptors (Lipinski definition) is 5. The molecule has 140 valence electrons. The van der Waals surface area contributed by atoms with Crippen LogP contribution >= 0.6 is 11.3 Å². The minimum atomic E-state index is -3.04. The average molecular weight is 394 g/mol. The molecule has 2 aromatic heterocycles. The fourth-order valence-electron chi connectivity index (χ4n) is 2.81. The quantitative estimate of drug-likeness (QED) is 0.809. The van der Waals surface area contributed by atoms with Gasteiger partial charge in [-0.05, 0) is 23.9 Å². The van der Waals surface area contributed by atoms with E-state index in [4.69, 9.17) is 0 Å². The molecule has 1 aliphatic heterocycles. The summed E-state index contributed by atoms with van der Waals surface area (Å²) in [6.07, 6.45) is 3.75. The molecule has 26 heavy (non-hydrogen) atoms. The Morgan fingerprint density at radius 1 is 1.42 bits per heavy atom. The normalized spacial score (nSPS) is 19.9. The average Bonchev–Trinajstić information content (AvgIpc) is 3.24. The number of hydrogen-bond donors (Lipinski definition) is 1. The number of sulfone groups is 1. The minimum Gasteiger partial charge on any atom is -0.307 e. The lowest BCUT2D eigenvalue weighted by Crippen LogP contribution is -2.19. The monoisotopic (exact) mass is 393 g/mol. The van der Waals surface area contributed by atoms with Crippen molar-refractivity contribution in [2.45, 2.75) is 38.6 Å². The highest BCUT2D eigenvalue weighted by atomic mass is 32.2. The van der Waals surface area contributed by atoms with Gasteiger partial charge in [0, 0.05) is 22.4 Å². The van der Waals surface area contributed by atoms with E-state index >= 15 is 0 Å². The van der Waals surface area contributed by atoms with Crippen LogP contribution in [-0.4, -0.2) is 35.6 Å². The summed E-state index contributed by atoms with van der Waals surface area (Å²) >= 11 is 1.55. The van der Waals surface area contributed by atoms with Crippen molar-refractivity contribution in [2.24, 2.45) is 0 Å². The largest absolute Gasteiger partial charge is 0.307 e. The molecule has 8 heteroatoms. The second-order valence-corrected chi connectivity index (χ2v) is 10.7. The van der Waals surface area contributed by atoms with Crippen LogP contribution in [0.5, 0.6) is 0 Å². The van der Waals surface area contributed by atoms with E-state index in [2.05, 4.69) is 10.4 Å². The lowest BCUT2D eigenvalue weighted by Gasteiger charge is -2.15. The van der Waals surface area contributed by atoms with Crippen molar-refractivity contribution < 1.29 is 13.2 Å². The van der Waals surface area contributed by atoms with Gasteiger partial charge in [-0.15, -0.1) is 11.3 Å². The summed E-state index contributed by atoms with van der Waals surface area (Å²) in [6, 6.07) is 5.45. The maximum Gasteiger partial charge on any atom is 0.249 e. The molecule has 1 aliphatic rings. The fourth-order valence-corrected chi connectivity index (χ4v) is 5.12. The van der Waals surface area contributed by atoms with Gasteiger partial charge in [0.25, 0.3) is 0 Å². The lowest BCUT2D eigenvalue weighted by molar-refractivity contribution is -0.111. The third kappa shape index (κ3) is 4.42. The Balaban J connectivity index is 1.85. The second-order valence-electron chi connectivity index (χ2n) is 7.50. The molecule has 0 saturated carbocycles. The maximum absolute atomic E-state index is 12.3. The van der Waals surface area contributed by atoms with Gasteiger partial charge in [-0.1, -0.05) is 26.8 Å². The Labute approximate surface area is 157 Å². The van der Waals surface area contributed by atoms with Crippen molar-refractivity contribution in [1.29, 1.82) is 0 Å². The van der Waals surface area contributed by atoms with Gasteiger partial charge < -0.3 is 5.32 Å². The Hall–Kier alpha value is -1.93. The Kier molecular flexibility index (Phi) is 5.07. The van der Waals surface area contributed by atoms with Crippen molar-refractivity contribution in [3.05, 3.63) is 40.2 Å². The number of nitrogens with zero attached hydrogens (tertiary/aromatic N) is 2. The maximum atomic E-state index is 12.3. The predicted octanol–water partition coefficient (Wildman–Crippen LogP) is 3.25. The van der Waals surface area contributed by atoms with Crippen LogP contribution in [0.4, 0.5) is 5.82 Å². The zero-order chi connectivity index (χ0) is 18.9. The summed E-state index contributed by atoms with van der Waals surface area (Å²) < 4.78 is 25.4. The number of carbonyl (C=O) groups excluding carboxylic acids is 1. The number of anilines is 1. The van der Waals surface area contributed by atoms with E-state index in [9.17, 15) is 13.2 Å². The van der Waals surface area contributed by atoms with Crippen LogP contribution in [0.15, 0.2) is 29.7 Å². The molecule has 1 amide bonds. The zero-order valence-electron chi connectivity index (χ0n) is 15.1. The van der Waals surface area contributed by atoms with Crippen molar-refractivity contribution in [3.8, 4) is 0 Å². The van der Waals surface area contributed by atoms with E-state index in [1.807, 2.05) is 44.4 Å². The predicted molar refractivity (Wildman–Crippen MR) is 105 cm³/mol. The minimum absolute atomic E-state index is 0.0617. The molecule has 1 N–H and O–H groups in total. The smallest absolute Gasteiger partial charge is 0.249 e. The van der Waals surface area contributed by atoms with Crippen LogP contribution in [0.1, 0.15) is 43.8 Å². The van der Waals surface area contributed by atoms with Gasteiger partial charge in [0.2, 0.25) is 5.91 Å². The molecule has 1 fully saturated rings. The number of rotatable bonds is 4. The lowest BCUT2D eigenvalue weighted by atomic mass is 9.92. The first kappa shape index (κ1) is 18.8. The Morgan fingerprint density at radius 3 is 2.77 bits per heavy atom. The number of nitrogens with one attached hydrogen (secondary N) is 1. The van der Waals surface area contributed by atoms with Crippen LogP contribution < -0.4 is 5.32 Å². The van der Waals surface area contributed by atoms with Gasteiger partial charge in [-0.3, -0.25) is 4.79 Å². The summed E-state index contributed by atoms with van der Waals surface area (Å²) in [6.45, 7) is 6.11. The summed E-state index contributed by atoms with van der Waals surface area (Å²) in [5, 5.41) is 9.41. The summed E-state index contributed by atoms with van der Waals surface area (Å²) in [7, 11) is -3.04. The molecular formula is C18H23N3O3S2. The number of amides is 1. The zero-order valence-corrected chi connectivity index (χ0v) is 16.7. The molecule has 0 radical (unpaired) electrons. The van der Waals surface area contributed by atoms with Gasteiger partial charge in [-0.2, -0.15) is 5.10 Å². The molecule has 0 spiro atoms. The molecule has 3 heterocycles. The van der Waals surface area contributed by atoms with Crippen LogP contribution in [0.2, 0.25) is 0 Å². The topological polar surface area (TPSA) is 81.1 Å². The highest BCUT2D eigenvalue weighted by Crippen LogP contribution is 2.30. The first-order chi connectivity index (χ1) is 12.1. The van der Waals surface area contributed by atoms with Crippen LogP contribution in [0.25, 0.3) is 6.08 Å². The molecule has 1 saturated heterocycles. The standard InChI is InChI=1S/C18H23N3O3S2/c1-18(2,3)15-11-16(19-17(22)7-6-14-5-4-9-25-14)21(20-15)13-8-10-26(23,24)12-13/h4-7,9,11,13H,8,10,12H2,1-3H3,(H,19,22)/b7-6+/t13-/m0/s1. The van der Waals surface area contributed by atoms with Crippen molar-refractivity contribution >= 4 is 39.0 Å². The van der Waals surface area contributed by atoms with Crippen LogP contribution in [0.3, 0.4) is 0 Å². The van der Waals surface area contributed by atoms with E-state index < -0.39 is 9.84 Å². The Morgan fingerprint density at radius 2 is 2.19 bits per heavy atom. The SMILES string of the molecule is CC(C)(C)c1cc(NC(=O)/C=C/c2cccs2)n([C@H]2CCS(=O)(=O)C2)n1. The third-order valence-corrected chi connectivity index (χ3v) is 6.84. The van der Waals surface area contributed by atoms with Gasteiger partial charge in [0.05, 0.1) is 23.2 Å². The molecular weight excluding hydrogens is 370 g/mol. The molecule has 0 aromatic carbocycles. The molecule has 3 rings (SSSR count). The van der Waals surface area contributed by atoms with Gasteiger partial charge in [0.15, 0.2) is 9.84 Å². The molecule has 1 atom stereocenters. The van der Waals surface area contributed by atoms with E-state index in [0.29, 0.717) is 12.2 Å². The van der Waals surface area contributed by atoms with Crippen molar-refractivity contribution in [2.75, 3.05) is 16.8 Å². The molecule has 0 aliphatic carbocycles. The highest BCUT2D eigenvalue weighted by molar-refractivity contribution is 7.91. The second kappa shape index (κ2) is 7.00. The van der Waals surface area contributed by atoms with E-state index in [1.165, 1.54) is 6.08 Å². The van der Waals surface area contributed by atoms with Crippen molar-refractivity contribution in [1.82, 2.24) is 9.78 Å². The Bertz CT molecular complexity index is 920. The third-order valence-electron chi connectivity index (χ3n) is 4.25. The first-order valence-corrected chi connectivity index (χ1v) is 11.2. The molecule has 0 unspecified atom stereocenters. The summed E-state index contributed by atoms with van der Waals surface area (Å²) in [5.41, 5.74) is 0.619. The van der Waals surface area contributed by atoms with Gasteiger partial charge in [0.1, 0.15) is 5.82 Å². The molecule has 6 nitrogen and oxygen atoms in total.